The predicted octanol–water partition coefficient (Wildman–Crippen LogP) is 2.60. The molecule has 22 heavy (non-hydrogen) atoms. The van der Waals surface area contributed by atoms with Crippen LogP contribution in [0.1, 0.15) is 40.5 Å². The van der Waals surface area contributed by atoms with E-state index in [2.05, 4.69) is 5.32 Å². The fourth-order valence-electron chi connectivity index (χ4n) is 2.83. The van der Waals surface area contributed by atoms with E-state index in [1.54, 1.807) is 0 Å². The van der Waals surface area contributed by atoms with Gasteiger partial charge in [-0.15, -0.1) is 0 Å². The Morgan fingerprint density at radius 1 is 1.36 bits per heavy atom. The van der Waals surface area contributed by atoms with Crippen molar-refractivity contribution in [1.29, 1.82) is 0 Å². The molecule has 0 aromatic heterocycles. The SMILES string of the molecule is CC(C)C1=CCCC(C(C)C)C1NC(=O)C(F)(F)S(=O)(=O)O. The van der Waals surface area contributed by atoms with Crippen LogP contribution in [-0.2, 0) is 14.9 Å². The summed E-state index contributed by atoms with van der Waals surface area (Å²) in [4.78, 5) is 11.7. The van der Waals surface area contributed by atoms with Crippen LogP contribution in [-0.4, -0.2) is 30.2 Å². The number of carbonyl (C=O) groups excluding carboxylic acids is 1. The molecule has 0 aromatic carbocycles. The Labute approximate surface area is 129 Å². The van der Waals surface area contributed by atoms with Crippen LogP contribution in [0.5, 0.6) is 0 Å². The fourth-order valence-corrected chi connectivity index (χ4v) is 3.12. The Bertz CT molecular complexity index is 555. The van der Waals surface area contributed by atoms with Gasteiger partial charge in [-0.3, -0.25) is 9.35 Å². The van der Waals surface area contributed by atoms with E-state index in [1.807, 2.05) is 33.8 Å². The van der Waals surface area contributed by atoms with Gasteiger partial charge in [-0.25, -0.2) is 0 Å². The van der Waals surface area contributed by atoms with Gasteiger partial charge >= 0.3 is 21.3 Å². The van der Waals surface area contributed by atoms with E-state index in [-0.39, 0.29) is 17.8 Å². The van der Waals surface area contributed by atoms with Crippen LogP contribution in [0.3, 0.4) is 0 Å². The average Bonchev–Trinajstić information content (AvgIpc) is 2.36. The van der Waals surface area contributed by atoms with Gasteiger partial charge in [0.2, 0.25) is 0 Å². The number of hydrogen-bond donors (Lipinski definition) is 2. The van der Waals surface area contributed by atoms with Crippen molar-refractivity contribution in [3.8, 4) is 0 Å². The lowest BCUT2D eigenvalue weighted by Crippen LogP contribution is -2.53. The van der Waals surface area contributed by atoms with Crippen LogP contribution in [0.4, 0.5) is 8.78 Å². The largest absolute Gasteiger partial charge is 0.446 e. The first kappa shape index (κ1) is 19.0. The van der Waals surface area contributed by atoms with Gasteiger partial charge in [0.15, 0.2) is 0 Å². The number of halogens is 2. The number of amides is 1. The Morgan fingerprint density at radius 3 is 2.32 bits per heavy atom. The number of nitrogens with one attached hydrogen (secondary N) is 1. The first-order chi connectivity index (χ1) is 9.89. The second-order valence-corrected chi connectivity index (χ2v) is 7.75. The molecule has 0 spiro atoms. The quantitative estimate of drug-likeness (QED) is 0.596. The Morgan fingerprint density at radius 2 is 1.91 bits per heavy atom. The second kappa shape index (κ2) is 6.62. The molecule has 1 aliphatic rings. The molecule has 0 saturated carbocycles. The molecule has 5 nitrogen and oxygen atoms in total. The first-order valence-corrected chi connectivity index (χ1v) is 8.69. The van der Waals surface area contributed by atoms with Gasteiger partial charge < -0.3 is 5.32 Å². The van der Waals surface area contributed by atoms with Gasteiger partial charge in [-0.05, 0) is 36.2 Å². The summed E-state index contributed by atoms with van der Waals surface area (Å²) in [5.74, 6) is -1.89. The highest BCUT2D eigenvalue weighted by Gasteiger charge is 2.53. The van der Waals surface area contributed by atoms with Crippen molar-refractivity contribution in [3.63, 3.8) is 0 Å². The van der Waals surface area contributed by atoms with Gasteiger partial charge in [0.05, 0.1) is 6.04 Å². The summed E-state index contributed by atoms with van der Waals surface area (Å²) < 4.78 is 56.9. The van der Waals surface area contributed by atoms with E-state index in [4.69, 9.17) is 4.55 Å². The van der Waals surface area contributed by atoms with Crippen molar-refractivity contribution >= 4 is 16.0 Å². The van der Waals surface area contributed by atoms with Crippen molar-refractivity contribution in [2.45, 2.75) is 51.8 Å². The zero-order chi connectivity index (χ0) is 17.3. The number of allylic oxidation sites excluding steroid dienone is 1. The topological polar surface area (TPSA) is 83.5 Å². The van der Waals surface area contributed by atoms with Gasteiger partial charge in [-0.1, -0.05) is 33.8 Å². The summed E-state index contributed by atoms with van der Waals surface area (Å²) in [6.45, 7) is 7.62. The molecule has 0 radical (unpaired) electrons. The molecule has 0 aliphatic heterocycles. The van der Waals surface area contributed by atoms with Crippen LogP contribution < -0.4 is 5.32 Å². The van der Waals surface area contributed by atoms with Crippen molar-refractivity contribution in [1.82, 2.24) is 5.32 Å². The normalized spacial score (nSPS) is 23.6. The van der Waals surface area contributed by atoms with Crippen LogP contribution in [0.15, 0.2) is 11.6 Å². The van der Waals surface area contributed by atoms with Crippen LogP contribution in [0.2, 0.25) is 0 Å². The molecule has 0 fully saturated rings. The third kappa shape index (κ3) is 3.84. The van der Waals surface area contributed by atoms with Crippen molar-refractivity contribution in [3.05, 3.63) is 11.6 Å². The van der Waals surface area contributed by atoms with Crippen molar-refractivity contribution in [2.75, 3.05) is 0 Å². The third-order valence-electron chi connectivity index (χ3n) is 4.07. The second-order valence-electron chi connectivity index (χ2n) is 6.29. The van der Waals surface area contributed by atoms with E-state index >= 15 is 0 Å². The minimum atomic E-state index is -5.79. The van der Waals surface area contributed by atoms with E-state index in [1.165, 1.54) is 0 Å². The van der Waals surface area contributed by atoms with Gasteiger partial charge in [-0.2, -0.15) is 17.2 Å². The molecule has 0 saturated heterocycles. The van der Waals surface area contributed by atoms with Crippen LogP contribution in [0.25, 0.3) is 0 Å². The van der Waals surface area contributed by atoms with Gasteiger partial charge in [0.25, 0.3) is 0 Å². The van der Waals surface area contributed by atoms with Crippen LogP contribution in [0, 0.1) is 17.8 Å². The molecule has 8 heteroatoms. The highest BCUT2D eigenvalue weighted by molar-refractivity contribution is 7.87. The maximum Gasteiger partial charge on any atom is 0.446 e. The Kier molecular flexibility index (Phi) is 5.72. The molecular formula is C14H23F2NO4S. The molecule has 1 amide bonds. The summed E-state index contributed by atoms with van der Waals surface area (Å²) in [6.07, 6.45) is 3.41. The standard InChI is InChI=1S/C14H23F2NO4S/c1-8(2)10-6-5-7-11(9(3)4)12(10)17-13(18)14(15,16)22(19,20)21/h6,8-9,11-12H,5,7H2,1-4H3,(H,17,18)(H,19,20,21). The minimum Gasteiger partial charge on any atom is -0.343 e. The summed E-state index contributed by atoms with van der Waals surface area (Å²) in [7, 11) is -5.79. The predicted molar refractivity (Wildman–Crippen MR) is 78.9 cm³/mol. The van der Waals surface area contributed by atoms with Crippen molar-refractivity contribution in [2.24, 2.45) is 17.8 Å². The maximum atomic E-state index is 13.5. The molecule has 1 rings (SSSR count). The summed E-state index contributed by atoms with van der Waals surface area (Å²) in [5.41, 5.74) is 0.810. The monoisotopic (exact) mass is 339 g/mol. The van der Waals surface area contributed by atoms with Crippen LogP contribution >= 0.6 is 0 Å². The van der Waals surface area contributed by atoms with Crippen molar-refractivity contribution < 1.29 is 26.5 Å². The minimum absolute atomic E-state index is 0.0335. The summed E-state index contributed by atoms with van der Waals surface area (Å²) >= 11 is 0. The van der Waals surface area contributed by atoms with E-state index in [0.29, 0.717) is 0 Å². The molecular weight excluding hydrogens is 316 g/mol. The molecule has 0 aromatic rings. The lowest BCUT2D eigenvalue weighted by molar-refractivity contribution is -0.137. The highest BCUT2D eigenvalue weighted by atomic mass is 32.2. The number of hydrogen-bond acceptors (Lipinski definition) is 3. The average molecular weight is 339 g/mol. The fraction of sp³-hybridized carbons (Fsp3) is 0.786. The summed E-state index contributed by atoms with van der Waals surface area (Å²) in [6, 6.07) is -0.658. The van der Waals surface area contributed by atoms with E-state index in [0.717, 1.165) is 18.4 Å². The highest BCUT2D eigenvalue weighted by Crippen LogP contribution is 2.34. The van der Waals surface area contributed by atoms with E-state index < -0.39 is 27.3 Å². The molecule has 1 aliphatic carbocycles. The van der Waals surface area contributed by atoms with Gasteiger partial charge in [0, 0.05) is 0 Å². The Balaban J connectivity index is 3.11. The van der Waals surface area contributed by atoms with Gasteiger partial charge in [0.1, 0.15) is 0 Å². The molecule has 2 N–H and O–H groups in total. The number of rotatable bonds is 5. The maximum absolute atomic E-state index is 13.5. The third-order valence-corrected chi connectivity index (χ3v) is 4.90. The summed E-state index contributed by atoms with van der Waals surface area (Å²) in [5, 5.41) is -2.72. The zero-order valence-electron chi connectivity index (χ0n) is 13.1. The lowest BCUT2D eigenvalue weighted by atomic mass is 9.74. The number of carbonyl (C=O) groups is 1. The first-order valence-electron chi connectivity index (χ1n) is 7.25. The molecule has 2 unspecified atom stereocenters. The molecule has 0 heterocycles. The zero-order valence-corrected chi connectivity index (χ0v) is 14.0. The lowest BCUT2D eigenvalue weighted by Gasteiger charge is -2.37. The smallest absolute Gasteiger partial charge is 0.343 e. The number of alkyl halides is 2. The molecule has 2 atom stereocenters. The molecule has 128 valence electrons. The molecule has 0 bridgehead atoms. The Hall–Kier alpha value is -1.02. The van der Waals surface area contributed by atoms with E-state index in [9.17, 15) is 22.0 Å².